The summed E-state index contributed by atoms with van der Waals surface area (Å²) in [6, 6.07) is 7.97. The van der Waals surface area contributed by atoms with Crippen molar-refractivity contribution < 1.29 is 4.79 Å². The molecule has 1 N–H and O–H groups in total. The molecule has 2 aromatic rings. The number of nitrogens with zero attached hydrogens (tertiary/aromatic N) is 1. The second-order valence-electron chi connectivity index (χ2n) is 3.87. The Morgan fingerprint density at radius 2 is 2.12 bits per heavy atom. The molecule has 0 fully saturated rings. The molecule has 0 atom stereocenters. The molecule has 1 aromatic heterocycles. The molecule has 1 heterocycles. The number of ketones is 1. The molecule has 0 unspecified atom stereocenters. The van der Waals surface area contributed by atoms with Gasteiger partial charge in [-0.3, -0.25) is 4.79 Å². The van der Waals surface area contributed by atoms with E-state index in [0.29, 0.717) is 6.54 Å². The number of likely N-dealkylation sites (N-methyl/N-ethyl adjacent to an activating group) is 1. The average Bonchev–Trinajstić information content (AvgIpc) is 2.65. The predicted octanol–water partition coefficient (Wildman–Crippen LogP) is 1.97. The number of fused-ring (bicyclic) bond motifs is 1. The van der Waals surface area contributed by atoms with E-state index in [9.17, 15) is 4.79 Å². The summed E-state index contributed by atoms with van der Waals surface area (Å²) in [6.45, 7) is 3.22. The zero-order chi connectivity index (χ0) is 11.5. The topological polar surface area (TPSA) is 34.0 Å². The lowest BCUT2D eigenvalue weighted by Gasteiger charge is -1.99. The fourth-order valence-electron chi connectivity index (χ4n) is 1.90. The predicted molar refractivity (Wildman–Crippen MR) is 65.8 cm³/mol. The Balaban J connectivity index is 2.41. The molecular formula is C13H16N2O. The Hall–Kier alpha value is -1.61. The second kappa shape index (κ2) is 4.49. The SMILES string of the molecule is CCNCC(=O)c1cn(C)c2ccccc12. The smallest absolute Gasteiger partial charge is 0.178 e. The lowest BCUT2D eigenvalue weighted by molar-refractivity contribution is 0.0993. The number of aromatic nitrogens is 1. The van der Waals surface area contributed by atoms with Crippen LogP contribution < -0.4 is 5.32 Å². The first-order valence-electron chi connectivity index (χ1n) is 5.52. The van der Waals surface area contributed by atoms with Gasteiger partial charge in [-0.2, -0.15) is 0 Å². The van der Waals surface area contributed by atoms with Crippen molar-refractivity contribution in [1.29, 1.82) is 0 Å². The standard InChI is InChI=1S/C13H16N2O/c1-3-14-8-13(16)11-9-15(2)12-7-5-4-6-10(11)12/h4-7,9,14H,3,8H2,1-2H3. The monoisotopic (exact) mass is 216 g/mol. The third-order valence-electron chi connectivity index (χ3n) is 2.73. The number of para-hydroxylation sites is 1. The van der Waals surface area contributed by atoms with Crippen LogP contribution in [0, 0.1) is 0 Å². The molecule has 0 aliphatic rings. The highest BCUT2D eigenvalue weighted by molar-refractivity contribution is 6.09. The zero-order valence-corrected chi connectivity index (χ0v) is 9.66. The van der Waals surface area contributed by atoms with E-state index in [1.807, 2.05) is 49.0 Å². The highest BCUT2D eigenvalue weighted by Crippen LogP contribution is 2.20. The average molecular weight is 216 g/mol. The van der Waals surface area contributed by atoms with Crippen molar-refractivity contribution in [3.8, 4) is 0 Å². The van der Waals surface area contributed by atoms with E-state index in [-0.39, 0.29) is 5.78 Å². The number of benzene rings is 1. The number of aryl methyl sites for hydroxylation is 1. The van der Waals surface area contributed by atoms with Crippen molar-refractivity contribution in [2.45, 2.75) is 6.92 Å². The van der Waals surface area contributed by atoms with Crippen molar-refractivity contribution >= 4 is 16.7 Å². The number of hydrogen-bond donors (Lipinski definition) is 1. The maximum atomic E-state index is 12.0. The largest absolute Gasteiger partial charge is 0.350 e. The molecule has 0 saturated heterocycles. The van der Waals surface area contributed by atoms with Gasteiger partial charge in [-0.1, -0.05) is 25.1 Å². The first kappa shape index (κ1) is 10.9. The summed E-state index contributed by atoms with van der Waals surface area (Å²) in [4.78, 5) is 12.0. The Bertz CT molecular complexity index is 514. The Morgan fingerprint density at radius 1 is 1.38 bits per heavy atom. The summed E-state index contributed by atoms with van der Waals surface area (Å²) in [5.41, 5.74) is 1.90. The molecule has 3 heteroatoms. The molecule has 2 rings (SSSR count). The van der Waals surface area contributed by atoms with Gasteiger partial charge in [0.2, 0.25) is 0 Å². The Kier molecular flexibility index (Phi) is 3.06. The molecule has 16 heavy (non-hydrogen) atoms. The van der Waals surface area contributed by atoms with Gasteiger partial charge in [-0.25, -0.2) is 0 Å². The second-order valence-corrected chi connectivity index (χ2v) is 3.87. The van der Waals surface area contributed by atoms with Crippen LogP contribution in [0.15, 0.2) is 30.5 Å². The normalized spacial score (nSPS) is 10.9. The third kappa shape index (κ3) is 1.86. The van der Waals surface area contributed by atoms with Crippen LogP contribution in [0.2, 0.25) is 0 Å². The van der Waals surface area contributed by atoms with E-state index in [4.69, 9.17) is 0 Å². The summed E-state index contributed by atoms with van der Waals surface area (Å²) >= 11 is 0. The summed E-state index contributed by atoms with van der Waals surface area (Å²) in [5.74, 6) is 0.152. The molecule has 0 spiro atoms. The number of nitrogens with one attached hydrogen (secondary N) is 1. The van der Waals surface area contributed by atoms with E-state index in [2.05, 4.69) is 5.32 Å². The molecule has 0 aliphatic heterocycles. The van der Waals surface area contributed by atoms with Crippen LogP contribution in [0.25, 0.3) is 10.9 Å². The molecular weight excluding hydrogens is 200 g/mol. The maximum Gasteiger partial charge on any atom is 0.178 e. The fourth-order valence-corrected chi connectivity index (χ4v) is 1.90. The number of carbonyl (C=O) groups excluding carboxylic acids is 1. The highest BCUT2D eigenvalue weighted by Gasteiger charge is 2.12. The van der Waals surface area contributed by atoms with Gasteiger partial charge < -0.3 is 9.88 Å². The van der Waals surface area contributed by atoms with Gasteiger partial charge >= 0.3 is 0 Å². The van der Waals surface area contributed by atoms with Crippen LogP contribution in [0.5, 0.6) is 0 Å². The summed E-state index contributed by atoms with van der Waals surface area (Å²) in [7, 11) is 1.96. The van der Waals surface area contributed by atoms with Gasteiger partial charge in [-0.05, 0) is 12.6 Å². The van der Waals surface area contributed by atoms with Crippen molar-refractivity contribution in [1.82, 2.24) is 9.88 Å². The van der Waals surface area contributed by atoms with Gasteiger partial charge in [-0.15, -0.1) is 0 Å². The molecule has 0 aliphatic carbocycles. The van der Waals surface area contributed by atoms with Gasteiger partial charge in [0.15, 0.2) is 5.78 Å². The van der Waals surface area contributed by atoms with E-state index in [1.54, 1.807) is 0 Å². The highest BCUT2D eigenvalue weighted by atomic mass is 16.1. The minimum atomic E-state index is 0.152. The maximum absolute atomic E-state index is 12.0. The Labute approximate surface area is 95.1 Å². The van der Waals surface area contributed by atoms with Crippen LogP contribution in [0.1, 0.15) is 17.3 Å². The quantitative estimate of drug-likeness (QED) is 0.793. The fraction of sp³-hybridized carbons (Fsp3) is 0.308. The third-order valence-corrected chi connectivity index (χ3v) is 2.73. The molecule has 0 amide bonds. The van der Waals surface area contributed by atoms with E-state index in [0.717, 1.165) is 23.0 Å². The number of rotatable bonds is 4. The number of carbonyl (C=O) groups is 1. The Morgan fingerprint density at radius 3 is 2.88 bits per heavy atom. The van der Waals surface area contributed by atoms with Gasteiger partial charge in [0, 0.05) is 29.7 Å². The van der Waals surface area contributed by atoms with Crippen molar-refractivity contribution in [3.05, 3.63) is 36.0 Å². The summed E-state index contributed by atoms with van der Waals surface area (Å²) in [5, 5.41) is 4.10. The lowest BCUT2D eigenvalue weighted by atomic mass is 10.1. The van der Waals surface area contributed by atoms with Gasteiger partial charge in [0.05, 0.1) is 6.54 Å². The molecule has 3 nitrogen and oxygen atoms in total. The van der Waals surface area contributed by atoms with Crippen LogP contribution in [-0.2, 0) is 7.05 Å². The lowest BCUT2D eigenvalue weighted by Crippen LogP contribution is -2.22. The zero-order valence-electron chi connectivity index (χ0n) is 9.66. The minimum absolute atomic E-state index is 0.152. The van der Waals surface area contributed by atoms with Crippen molar-refractivity contribution in [3.63, 3.8) is 0 Å². The van der Waals surface area contributed by atoms with E-state index < -0.39 is 0 Å². The molecule has 0 bridgehead atoms. The summed E-state index contributed by atoms with van der Waals surface area (Å²) in [6.07, 6.45) is 1.91. The number of hydrogen-bond acceptors (Lipinski definition) is 2. The van der Waals surface area contributed by atoms with Crippen LogP contribution >= 0.6 is 0 Å². The molecule has 0 saturated carbocycles. The van der Waals surface area contributed by atoms with E-state index in [1.165, 1.54) is 0 Å². The molecule has 0 radical (unpaired) electrons. The molecule has 84 valence electrons. The van der Waals surface area contributed by atoms with Gasteiger partial charge in [0.25, 0.3) is 0 Å². The molecule has 1 aromatic carbocycles. The summed E-state index contributed by atoms with van der Waals surface area (Å²) < 4.78 is 1.99. The number of Topliss-reactive ketones (excluding diaryl/α,β-unsaturated/α-hetero) is 1. The van der Waals surface area contributed by atoms with Crippen LogP contribution in [-0.4, -0.2) is 23.4 Å². The van der Waals surface area contributed by atoms with Crippen molar-refractivity contribution in [2.75, 3.05) is 13.1 Å². The van der Waals surface area contributed by atoms with E-state index >= 15 is 0 Å². The van der Waals surface area contributed by atoms with Crippen LogP contribution in [0.3, 0.4) is 0 Å². The van der Waals surface area contributed by atoms with Crippen molar-refractivity contribution in [2.24, 2.45) is 7.05 Å². The first-order valence-corrected chi connectivity index (χ1v) is 5.52. The van der Waals surface area contributed by atoms with Gasteiger partial charge in [0.1, 0.15) is 0 Å². The minimum Gasteiger partial charge on any atom is -0.350 e. The first-order chi connectivity index (χ1) is 7.74. The van der Waals surface area contributed by atoms with Crippen LogP contribution in [0.4, 0.5) is 0 Å².